The number of quaternary nitrogens is 1. The molecule has 0 spiro atoms. The molecule has 9 heavy (non-hydrogen) atoms. The molecule has 0 bridgehead atoms. The van der Waals surface area contributed by atoms with Crippen molar-refractivity contribution < 1.29 is 16.9 Å². The molecule has 3 radical (unpaired) electrons. The van der Waals surface area contributed by atoms with E-state index in [2.05, 4.69) is 0 Å². The van der Waals surface area contributed by atoms with Gasteiger partial charge in [0.25, 0.3) is 0 Å². The fourth-order valence-corrected chi connectivity index (χ4v) is 0. The summed E-state index contributed by atoms with van der Waals surface area (Å²) in [6.07, 6.45) is 0. The first-order valence-corrected chi connectivity index (χ1v) is 6.80. The van der Waals surface area contributed by atoms with Gasteiger partial charge in [0.1, 0.15) is 0 Å². The first kappa shape index (κ1) is 16.2. The molecule has 61 valence electrons. The second kappa shape index (κ2) is 1.90. The third-order valence-electron chi connectivity index (χ3n) is 0. The average Bonchev–Trinajstić information content (AvgIpc) is 0.592. The fourth-order valence-electron chi connectivity index (χ4n) is 0. The van der Waals surface area contributed by atoms with Gasteiger partial charge in [-0.05, 0) is 0 Å². The molecule has 0 amide bonds. The Balaban J connectivity index is -0.000000180. The molecule has 0 aliphatic heterocycles. The Hall–Kier alpha value is 0.318. The summed E-state index contributed by atoms with van der Waals surface area (Å²) in [6, 6.07) is 0. The zero-order chi connectivity index (χ0) is 6.41. The molecule has 4 N–H and O–H groups in total. The molecule has 0 heterocycles. The van der Waals surface area contributed by atoms with Crippen LogP contribution in [0.15, 0.2) is 0 Å². The summed E-state index contributed by atoms with van der Waals surface area (Å²) >= 11 is -11.2. The molecule has 0 unspecified atom stereocenters. The van der Waals surface area contributed by atoms with Crippen molar-refractivity contribution in [1.82, 2.24) is 12.3 Å². The van der Waals surface area contributed by atoms with Gasteiger partial charge in [0, 0.05) is 6.15 Å². The van der Waals surface area contributed by atoms with Crippen LogP contribution in [0.3, 0.4) is 0 Å². The SMILES string of the molecule is [F][Sb-]([F])([F])([F])([F])[F].[NH4+].[N]. The van der Waals surface area contributed by atoms with E-state index < -0.39 is 19.5 Å². The van der Waals surface area contributed by atoms with Crippen molar-refractivity contribution in [3.63, 3.8) is 0 Å². The van der Waals surface area contributed by atoms with E-state index >= 15 is 0 Å². The van der Waals surface area contributed by atoms with Gasteiger partial charge in [0.2, 0.25) is 0 Å². The normalized spacial score (nSPS) is 18.0. The first-order chi connectivity index (χ1) is 2.45. The van der Waals surface area contributed by atoms with Gasteiger partial charge in [-0.3, -0.25) is 0 Å². The molecule has 0 aliphatic rings. The van der Waals surface area contributed by atoms with Gasteiger partial charge >= 0.3 is 36.4 Å². The maximum atomic E-state index is 9.93. The third-order valence-corrected chi connectivity index (χ3v) is 0. The van der Waals surface area contributed by atoms with Crippen molar-refractivity contribution in [1.29, 1.82) is 0 Å². The quantitative estimate of drug-likeness (QED) is 0.516. The van der Waals surface area contributed by atoms with Crippen molar-refractivity contribution >= 4 is 19.5 Å². The Kier molecular flexibility index (Phi) is 3.41. The Bertz CT molecular complexity index is 69.6. The second-order valence-corrected chi connectivity index (χ2v) is 6.43. The van der Waals surface area contributed by atoms with Gasteiger partial charge in [-0.15, -0.1) is 0 Å². The number of halogens is 6. The van der Waals surface area contributed by atoms with E-state index in [1.54, 1.807) is 0 Å². The van der Waals surface area contributed by atoms with Gasteiger partial charge in [-0.1, -0.05) is 0 Å². The standard InChI is InChI=1S/6FH.H3N.N.Sb/h6*1H;1H3;;/q;;;;;;;;+5/p-5. The van der Waals surface area contributed by atoms with Crippen LogP contribution < -0.4 is 12.3 Å². The van der Waals surface area contributed by atoms with E-state index in [0.717, 1.165) is 0 Å². The molecule has 0 aromatic rings. The van der Waals surface area contributed by atoms with Gasteiger partial charge in [0.15, 0.2) is 0 Å². The van der Waals surface area contributed by atoms with Gasteiger partial charge < -0.3 is 6.15 Å². The van der Waals surface area contributed by atoms with Crippen LogP contribution in [0.4, 0.5) is 16.9 Å². The maximum Gasteiger partial charge on any atom is 0 e. The van der Waals surface area contributed by atoms with Crippen LogP contribution in [-0.4, -0.2) is 19.5 Å². The van der Waals surface area contributed by atoms with Crippen LogP contribution in [0, 0.1) is 0 Å². The number of hydrogen-bond acceptors (Lipinski definition) is 0. The molecule has 0 saturated heterocycles. The van der Waals surface area contributed by atoms with Crippen molar-refractivity contribution in [2.24, 2.45) is 0 Å². The Morgan fingerprint density at radius 3 is 0.667 bits per heavy atom. The number of hydrogen-bond donors (Lipinski definition) is 1. The summed E-state index contributed by atoms with van der Waals surface area (Å²) in [5.74, 6) is 0. The van der Waals surface area contributed by atoms with Crippen LogP contribution in [0.2, 0.25) is 0 Å². The summed E-state index contributed by atoms with van der Waals surface area (Å²) in [7, 11) is 0. The van der Waals surface area contributed by atoms with E-state index in [4.69, 9.17) is 0 Å². The van der Waals surface area contributed by atoms with Crippen LogP contribution in [-0.2, 0) is 0 Å². The summed E-state index contributed by atoms with van der Waals surface area (Å²) in [5.41, 5.74) is 0. The topological polar surface area (TPSA) is 67.0 Å². The number of nitrogens with zero attached hydrogens (tertiary/aromatic N) is 1. The first-order valence-electron chi connectivity index (χ1n) is 1.01. The van der Waals surface area contributed by atoms with Gasteiger partial charge in [0.05, 0.1) is 0 Å². The number of rotatable bonds is 0. The van der Waals surface area contributed by atoms with E-state index in [1.807, 2.05) is 0 Å². The van der Waals surface area contributed by atoms with E-state index in [0.29, 0.717) is 0 Å². The van der Waals surface area contributed by atoms with Gasteiger partial charge in [-0.2, -0.15) is 0 Å². The minimum atomic E-state index is -11.2. The molecule has 0 atom stereocenters. The predicted molar refractivity (Wildman–Crippen MR) is 20.5 cm³/mol. The Morgan fingerprint density at radius 2 is 0.667 bits per heavy atom. The molecule has 0 saturated carbocycles. The molecule has 0 rings (SSSR count). The summed E-state index contributed by atoms with van der Waals surface area (Å²) in [5, 5.41) is 0. The molecule has 0 aliphatic carbocycles. The van der Waals surface area contributed by atoms with E-state index in [9.17, 15) is 16.9 Å². The smallest absolute Gasteiger partial charge is 0 e. The van der Waals surface area contributed by atoms with Gasteiger partial charge in [-0.25, -0.2) is 0 Å². The predicted octanol–water partition coefficient (Wildman–Crippen LogP) is 2.04. The third kappa shape index (κ3) is 3280. The van der Waals surface area contributed by atoms with Crippen molar-refractivity contribution in [2.45, 2.75) is 0 Å². The molecule has 2 nitrogen and oxygen atoms in total. The maximum absolute atomic E-state index is 11.2. The van der Waals surface area contributed by atoms with Crippen molar-refractivity contribution in [2.75, 3.05) is 0 Å². The van der Waals surface area contributed by atoms with E-state index in [1.165, 1.54) is 0 Å². The van der Waals surface area contributed by atoms with Crippen LogP contribution >= 0.6 is 0 Å². The zero-order valence-electron chi connectivity index (χ0n) is 4.16. The molecule has 0 fully saturated rings. The largest absolute Gasteiger partial charge is 0.369 e. The van der Waals surface area contributed by atoms with Crippen LogP contribution in [0.1, 0.15) is 0 Å². The monoisotopic (exact) mass is 267 g/mol. The summed E-state index contributed by atoms with van der Waals surface area (Å²) in [4.78, 5) is 0. The fraction of sp³-hybridized carbons (Fsp3) is 0. The Morgan fingerprint density at radius 1 is 0.667 bits per heavy atom. The molecule has 9 heteroatoms. The van der Waals surface area contributed by atoms with Crippen LogP contribution in [0.25, 0.3) is 0 Å². The van der Waals surface area contributed by atoms with Crippen molar-refractivity contribution in [3.8, 4) is 0 Å². The summed E-state index contributed by atoms with van der Waals surface area (Å²) in [6.45, 7) is 0. The minimum absolute atomic E-state index is 0. The average molecular weight is 268 g/mol. The molecular weight excluding hydrogens is 264 g/mol. The molecule has 0 aromatic carbocycles. The van der Waals surface area contributed by atoms with Crippen LogP contribution in [0.5, 0.6) is 0 Å². The minimum Gasteiger partial charge on any atom is -0.369 e. The zero-order valence-corrected chi connectivity index (χ0v) is 6.72. The van der Waals surface area contributed by atoms with Crippen molar-refractivity contribution in [3.05, 3.63) is 0 Å². The molecule has 0 aromatic heterocycles. The van der Waals surface area contributed by atoms with E-state index in [-0.39, 0.29) is 12.3 Å². The molecular formula is H4F6N2Sb. The second-order valence-electron chi connectivity index (χ2n) is 0.958. The Labute approximate surface area is 49.3 Å². The summed E-state index contributed by atoms with van der Waals surface area (Å²) < 4.78 is 59.6.